The summed E-state index contributed by atoms with van der Waals surface area (Å²) in [6.45, 7) is 2.15. The van der Waals surface area contributed by atoms with Gasteiger partial charge in [0.1, 0.15) is 28.2 Å². The van der Waals surface area contributed by atoms with Crippen LogP contribution in [0.5, 0.6) is 23.0 Å². The lowest BCUT2D eigenvalue weighted by molar-refractivity contribution is -0.457. The van der Waals surface area contributed by atoms with Crippen molar-refractivity contribution >= 4 is 16.7 Å². The third-order valence-electron chi connectivity index (χ3n) is 6.98. The van der Waals surface area contributed by atoms with Crippen molar-refractivity contribution in [1.82, 2.24) is 0 Å². The van der Waals surface area contributed by atoms with Gasteiger partial charge in [0, 0.05) is 30.2 Å². The van der Waals surface area contributed by atoms with Gasteiger partial charge in [-0.1, -0.05) is 0 Å². The average molecular weight is 494 g/mol. The van der Waals surface area contributed by atoms with Crippen LogP contribution in [-0.2, 0) is 0 Å². The fourth-order valence-corrected chi connectivity index (χ4v) is 5.14. The Kier molecular flexibility index (Phi) is 6.76. The molecule has 1 atom stereocenters. The number of ether oxygens (including phenoxy) is 3. The van der Waals surface area contributed by atoms with Crippen molar-refractivity contribution in [3.8, 4) is 34.3 Å². The highest BCUT2D eigenvalue weighted by Crippen LogP contribution is 2.37. The van der Waals surface area contributed by atoms with Crippen molar-refractivity contribution < 1.29 is 28.5 Å². The second kappa shape index (κ2) is 10.1. The van der Waals surface area contributed by atoms with E-state index in [4.69, 9.17) is 18.6 Å². The van der Waals surface area contributed by atoms with Gasteiger partial charge in [-0.15, -0.1) is 0 Å². The van der Waals surface area contributed by atoms with Gasteiger partial charge in [-0.2, -0.15) is 0 Å². The average Bonchev–Trinajstić information content (AvgIpc) is 3.55. The molecule has 1 N–H and O–H groups in total. The molecule has 190 valence electrons. The zero-order chi connectivity index (χ0) is 25.2. The molecule has 0 aliphatic heterocycles. The van der Waals surface area contributed by atoms with Crippen molar-refractivity contribution in [1.29, 1.82) is 0 Å². The van der Waals surface area contributed by atoms with Gasteiger partial charge in [-0.3, -0.25) is 4.79 Å². The second-order valence-corrected chi connectivity index (χ2v) is 9.37. The van der Waals surface area contributed by atoms with Crippen molar-refractivity contribution in [2.24, 2.45) is 0 Å². The maximum absolute atomic E-state index is 12.9. The van der Waals surface area contributed by atoms with E-state index in [1.807, 2.05) is 6.07 Å². The minimum absolute atomic E-state index is 0.0803. The molecule has 2 aliphatic carbocycles. The molecule has 0 saturated heterocycles. The van der Waals surface area contributed by atoms with E-state index < -0.39 is 0 Å². The molecule has 5 rings (SSSR count). The number of hydroxylamine groups is 1. The Balaban J connectivity index is 1.51. The molecule has 2 fully saturated rings. The minimum Gasteiger partial charge on any atom is -0.624 e. The molecule has 2 aliphatic rings. The van der Waals surface area contributed by atoms with E-state index in [0.717, 1.165) is 36.8 Å². The zero-order valence-corrected chi connectivity index (χ0v) is 20.6. The van der Waals surface area contributed by atoms with Crippen molar-refractivity contribution in [2.45, 2.75) is 64.1 Å². The Bertz CT molecular complexity index is 1350. The first-order chi connectivity index (χ1) is 17.5. The molecule has 0 radical (unpaired) electrons. The number of hydrogen-bond acceptors (Lipinski definition) is 7. The van der Waals surface area contributed by atoms with Gasteiger partial charge in [0.15, 0.2) is 29.6 Å². The zero-order valence-electron chi connectivity index (χ0n) is 20.6. The van der Waals surface area contributed by atoms with E-state index in [9.17, 15) is 15.1 Å². The summed E-state index contributed by atoms with van der Waals surface area (Å²) in [4.78, 5) is 12.9. The molecular formula is C28H31NO7. The molecule has 36 heavy (non-hydrogen) atoms. The molecule has 1 aromatic heterocycles. The third-order valence-corrected chi connectivity index (χ3v) is 6.98. The quantitative estimate of drug-likeness (QED) is 0.267. The van der Waals surface area contributed by atoms with Crippen LogP contribution in [-0.4, -0.2) is 41.4 Å². The SMILES string of the molecule is CC[N+]([O-])=C1CCCC1Oc1cc(O)c2c(=O)cc(-c3ccc(OC)c(OC4CCCC4)c3)oc2c1. The lowest BCUT2D eigenvalue weighted by atomic mass is 10.1. The van der Waals surface area contributed by atoms with E-state index >= 15 is 0 Å². The summed E-state index contributed by atoms with van der Waals surface area (Å²) in [7, 11) is 1.59. The normalized spacial score (nSPS) is 19.6. The van der Waals surface area contributed by atoms with Gasteiger partial charge in [-0.25, -0.2) is 4.74 Å². The number of phenolic OH excluding ortho intramolecular Hbond substituents is 1. The maximum Gasteiger partial charge on any atom is 0.204 e. The monoisotopic (exact) mass is 493 g/mol. The van der Waals surface area contributed by atoms with Crippen LogP contribution in [0.3, 0.4) is 0 Å². The van der Waals surface area contributed by atoms with Crippen LogP contribution in [0.4, 0.5) is 0 Å². The summed E-state index contributed by atoms with van der Waals surface area (Å²) >= 11 is 0. The third kappa shape index (κ3) is 4.72. The van der Waals surface area contributed by atoms with Gasteiger partial charge in [0.05, 0.1) is 13.2 Å². The van der Waals surface area contributed by atoms with Crippen LogP contribution in [0, 0.1) is 5.21 Å². The number of fused-ring (bicyclic) bond motifs is 1. The number of rotatable bonds is 7. The summed E-state index contributed by atoms with van der Waals surface area (Å²) < 4.78 is 24.8. The number of nitrogens with zero attached hydrogens (tertiary/aromatic N) is 1. The highest BCUT2D eigenvalue weighted by molar-refractivity contribution is 5.88. The van der Waals surface area contributed by atoms with Crippen molar-refractivity contribution in [3.05, 3.63) is 51.8 Å². The molecule has 8 heteroatoms. The second-order valence-electron chi connectivity index (χ2n) is 9.37. The Hall–Kier alpha value is -3.68. The van der Waals surface area contributed by atoms with E-state index in [1.54, 1.807) is 32.2 Å². The van der Waals surface area contributed by atoms with Gasteiger partial charge in [0.25, 0.3) is 0 Å². The first-order valence-electron chi connectivity index (χ1n) is 12.6. The topological polar surface area (TPSA) is 104 Å². The first kappa shape index (κ1) is 24.0. The molecule has 0 amide bonds. The minimum atomic E-state index is -0.369. The first-order valence-corrected chi connectivity index (χ1v) is 12.6. The van der Waals surface area contributed by atoms with Crippen molar-refractivity contribution in [3.63, 3.8) is 0 Å². The van der Waals surface area contributed by atoms with E-state index in [-0.39, 0.29) is 34.4 Å². The van der Waals surface area contributed by atoms with Gasteiger partial charge >= 0.3 is 0 Å². The summed E-state index contributed by atoms with van der Waals surface area (Å²) in [5, 5.41) is 22.9. The van der Waals surface area contributed by atoms with E-state index in [1.165, 1.54) is 12.1 Å². The van der Waals surface area contributed by atoms with Crippen LogP contribution >= 0.6 is 0 Å². The highest BCUT2D eigenvalue weighted by Gasteiger charge is 2.31. The summed E-state index contributed by atoms with van der Waals surface area (Å²) in [6, 6.07) is 9.77. The molecular weight excluding hydrogens is 462 g/mol. The number of methoxy groups -OCH3 is 1. The number of benzene rings is 2. The Morgan fingerprint density at radius 1 is 1.06 bits per heavy atom. The highest BCUT2D eigenvalue weighted by atomic mass is 16.5. The predicted octanol–water partition coefficient (Wildman–Crippen LogP) is 5.40. The van der Waals surface area contributed by atoms with Crippen LogP contribution in [0.1, 0.15) is 51.9 Å². The van der Waals surface area contributed by atoms with E-state index in [0.29, 0.717) is 53.7 Å². The number of hydrogen-bond donors (Lipinski definition) is 1. The predicted molar refractivity (Wildman–Crippen MR) is 136 cm³/mol. The van der Waals surface area contributed by atoms with Crippen LogP contribution in [0.2, 0.25) is 0 Å². The molecule has 0 bridgehead atoms. The molecule has 2 aromatic carbocycles. The molecule has 0 spiro atoms. The summed E-state index contributed by atoms with van der Waals surface area (Å²) in [5.74, 6) is 1.68. The van der Waals surface area contributed by atoms with E-state index in [2.05, 4.69) is 0 Å². The summed E-state index contributed by atoms with van der Waals surface area (Å²) in [6.07, 6.45) is 6.33. The lowest BCUT2D eigenvalue weighted by Gasteiger charge is -2.17. The fraction of sp³-hybridized carbons (Fsp3) is 0.429. The molecule has 3 aromatic rings. The molecule has 2 saturated carbocycles. The van der Waals surface area contributed by atoms with Crippen molar-refractivity contribution in [2.75, 3.05) is 13.7 Å². The molecule has 1 heterocycles. The largest absolute Gasteiger partial charge is 0.624 e. The lowest BCUT2D eigenvalue weighted by Crippen LogP contribution is -2.28. The Labute approximate surface area is 209 Å². The summed E-state index contributed by atoms with van der Waals surface area (Å²) in [5.41, 5.74) is 1.19. The number of aromatic hydroxyl groups is 1. The fourth-order valence-electron chi connectivity index (χ4n) is 5.14. The maximum atomic E-state index is 12.9. The standard InChI is InChI=1S/C28H31NO7/c1-3-29(32)20-9-6-10-23(20)35-19-14-21(30)28-22(31)16-25(36-27(28)15-19)17-11-12-24(33-2)26(13-17)34-18-7-4-5-8-18/h11-16,18,23,30H,3-10H2,1-2H3. The Morgan fingerprint density at radius 2 is 1.86 bits per heavy atom. The van der Waals surface area contributed by atoms with Crippen LogP contribution < -0.4 is 19.6 Å². The Morgan fingerprint density at radius 3 is 2.61 bits per heavy atom. The molecule has 1 unspecified atom stereocenters. The van der Waals surface area contributed by atoms with Gasteiger partial charge in [-0.05, 0) is 63.6 Å². The van der Waals surface area contributed by atoms with Crippen LogP contribution in [0.15, 0.2) is 45.6 Å². The van der Waals surface area contributed by atoms with Gasteiger partial charge < -0.3 is 28.9 Å². The van der Waals surface area contributed by atoms with Gasteiger partial charge in [0.2, 0.25) is 5.71 Å². The smallest absolute Gasteiger partial charge is 0.204 e. The molecule has 8 nitrogen and oxygen atoms in total. The van der Waals surface area contributed by atoms with Crippen LogP contribution in [0.25, 0.3) is 22.3 Å². The number of phenols is 1.